The monoisotopic (exact) mass is 249 g/mol. The normalized spacial score (nSPS) is 21.1. The number of nitrogen functional groups attached to an aromatic ring is 1. The van der Waals surface area contributed by atoms with E-state index in [1.807, 2.05) is 12.1 Å². The summed E-state index contributed by atoms with van der Waals surface area (Å²) in [5.41, 5.74) is 7.70. The lowest BCUT2D eigenvalue weighted by Crippen LogP contribution is -2.39. The Labute approximate surface area is 109 Å². The second kappa shape index (κ2) is 6.71. The van der Waals surface area contributed by atoms with Gasteiger partial charge in [0.1, 0.15) is 0 Å². The summed E-state index contributed by atoms with van der Waals surface area (Å²) in [6, 6.07) is 3.79. The van der Waals surface area contributed by atoms with Gasteiger partial charge in [-0.2, -0.15) is 0 Å². The van der Waals surface area contributed by atoms with E-state index in [9.17, 15) is 0 Å². The van der Waals surface area contributed by atoms with Crippen molar-refractivity contribution in [3.8, 4) is 0 Å². The van der Waals surface area contributed by atoms with E-state index < -0.39 is 0 Å². The summed E-state index contributed by atoms with van der Waals surface area (Å²) in [5.74, 6) is 0. The van der Waals surface area contributed by atoms with Crippen LogP contribution in [0.2, 0.25) is 0 Å². The molecular weight excluding hydrogens is 226 g/mol. The molecule has 1 atom stereocenters. The summed E-state index contributed by atoms with van der Waals surface area (Å²) < 4.78 is 5.84. The summed E-state index contributed by atoms with van der Waals surface area (Å²) in [5, 5.41) is 0. The first-order chi connectivity index (χ1) is 8.79. The Morgan fingerprint density at radius 2 is 2.44 bits per heavy atom. The maximum absolute atomic E-state index is 5.93. The number of piperidine rings is 1. The molecule has 18 heavy (non-hydrogen) atoms. The van der Waals surface area contributed by atoms with Crippen molar-refractivity contribution in [3.63, 3.8) is 0 Å². The fourth-order valence-electron chi connectivity index (χ4n) is 2.37. The quantitative estimate of drug-likeness (QED) is 0.867. The number of ether oxygens (including phenoxy) is 1. The number of nitrogens with two attached hydrogens (primary N) is 1. The van der Waals surface area contributed by atoms with Gasteiger partial charge >= 0.3 is 0 Å². The molecule has 2 rings (SSSR count). The fraction of sp³-hybridized carbons (Fsp3) is 0.643. The Morgan fingerprint density at radius 3 is 3.22 bits per heavy atom. The number of likely N-dealkylation sites (tertiary alicyclic amines) is 1. The van der Waals surface area contributed by atoms with Gasteiger partial charge in [-0.25, -0.2) is 0 Å². The summed E-state index contributed by atoms with van der Waals surface area (Å²) >= 11 is 0. The Kier molecular flexibility index (Phi) is 4.96. The van der Waals surface area contributed by atoms with Gasteiger partial charge in [-0.15, -0.1) is 0 Å². The SMILES string of the molecule is CCCOC1CCCN(Cc2ncccc2N)C1. The fourth-order valence-corrected chi connectivity index (χ4v) is 2.37. The van der Waals surface area contributed by atoms with Crippen LogP contribution in [0.3, 0.4) is 0 Å². The number of anilines is 1. The van der Waals surface area contributed by atoms with Gasteiger partial charge < -0.3 is 10.5 Å². The smallest absolute Gasteiger partial charge is 0.0772 e. The van der Waals surface area contributed by atoms with Crippen LogP contribution in [0.5, 0.6) is 0 Å². The van der Waals surface area contributed by atoms with Crippen LogP contribution in [0.4, 0.5) is 5.69 Å². The Bertz CT molecular complexity index is 370. The second-order valence-corrected chi connectivity index (χ2v) is 4.91. The van der Waals surface area contributed by atoms with Gasteiger partial charge in [0.25, 0.3) is 0 Å². The molecule has 1 aromatic heterocycles. The zero-order valence-electron chi connectivity index (χ0n) is 11.1. The average molecular weight is 249 g/mol. The Balaban J connectivity index is 1.87. The van der Waals surface area contributed by atoms with Gasteiger partial charge in [-0.3, -0.25) is 9.88 Å². The van der Waals surface area contributed by atoms with Crippen molar-refractivity contribution in [1.29, 1.82) is 0 Å². The van der Waals surface area contributed by atoms with Gasteiger partial charge in [-0.05, 0) is 37.9 Å². The predicted octanol–water partition coefficient (Wildman–Crippen LogP) is 2.05. The molecule has 2 N–H and O–H groups in total. The van der Waals surface area contributed by atoms with Gasteiger partial charge in [-0.1, -0.05) is 6.92 Å². The highest BCUT2D eigenvalue weighted by Crippen LogP contribution is 2.17. The van der Waals surface area contributed by atoms with E-state index in [1.165, 1.54) is 12.8 Å². The van der Waals surface area contributed by atoms with Crippen molar-refractivity contribution in [2.75, 3.05) is 25.4 Å². The standard InChI is InChI=1S/C14H23N3O/c1-2-9-18-12-5-4-8-17(10-12)11-14-13(15)6-3-7-16-14/h3,6-7,12H,2,4-5,8-11,15H2,1H3. The number of rotatable bonds is 5. The number of nitrogens with zero attached hydrogens (tertiary/aromatic N) is 2. The van der Waals surface area contributed by atoms with Crippen molar-refractivity contribution in [2.45, 2.75) is 38.8 Å². The molecule has 0 aliphatic carbocycles. The summed E-state index contributed by atoms with van der Waals surface area (Å²) in [4.78, 5) is 6.74. The lowest BCUT2D eigenvalue weighted by Gasteiger charge is -2.32. The highest BCUT2D eigenvalue weighted by atomic mass is 16.5. The molecular formula is C14H23N3O. The first kappa shape index (κ1) is 13.3. The third-order valence-corrected chi connectivity index (χ3v) is 3.32. The molecule has 1 saturated heterocycles. The third-order valence-electron chi connectivity index (χ3n) is 3.32. The molecule has 0 bridgehead atoms. The minimum Gasteiger partial charge on any atom is -0.397 e. The minimum absolute atomic E-state index is 0.378. The third kappa shape index (κ3) is 3.68. The zero-order chi connectivity index (χ0) is 12.8. The van der Waals surface area contributed by atoms with Gasteiger partial charge in [0, 0.05) is 25.9 Å². The zero-order valence-corrected chi connectivity index (χ0v) is 11.1. The minimum atomic E-state index is 0.378. The molecule has 4 heteroatoms. The number of hydrogen-bond donors (Lipinski definition) is 1. The highest BCUT2D eigenvalue weighted by Gasteiger charge is 2.20. The first-order valence-corrected chi connectivity index (χ1v) is 6.83. The van der Waals surface area contributed by atoms with Crippen LogP contribution in [-0.2, 0) is 11.3 Å². The Morgan fingerprint density at radius 1 is 1.56 bits per heavy atom. The molecule has 0 radical (unpaired) electrons. The molecule has 100 valence electrons. The molecule has 4 nitrogen and oxygen atoms in total. The van der Waals surface area contributed by atoms with Crippen molar-refractivity contribution in [1.82, 2.24) is 9.88 Å². The molecule has 0 amide bonds. The van der Waals surface area contributed by atoms with Crippen LogP contribution in [-0.4, -0.2) is 35.7 Å². The lowest BCUT2D eigenvalue weighted by atomic mass is 10.1. The van der Waals surface area contributed by atoms with Gasteiger partial charge in [0.15, 0.2) is 0 Å². The van der Waals surface area contributed by atoms with Gasteiger partial charge in [0.05, 0.1) is 17.5 Å². The first-order valence-electron chi connectivity index (χ1n) is 6.83. The molecule has 1 aliphatic heterocycles. The lowest BCUT2D eigenvalue weighted by molar-refractivity contribution is -0.00246. The topological polar surface area (TPSA) is 51.4 Å². The Hall–Kier alpha value is -1.13. The molecule has 2 heterocycles. The van der Waals surface area contributed by atoms with Crippen molar-refractivity contribution in [3.05, 3.63) is 24.0 Å². The maximum Gasteiger partial charge on any atom is 0.0772 e. The van der Waals surface area contributed by atoms with Crippen molar-refractivity contribution < 1.29 is 4.74 Å². The van der Waals surface area contributed by atoms with Crippen LogP contribution >= 0.6 is 0 Å². The number of hydrogen-bond acceptors (Lipinski definition) is 4. The average Bonchev–Trinajstić information content (AvgIpc) is 2.40. The van der Waals surface area contributed by atoms with Crippen LogP contribution in [0.15, 0.2) is 18.3 Å². The van der Waals surface area contributed by atoms with Crippen LogP contribution in [0.25, 0.3) is 0 Å². The van der Waals surface area contributed by atoms with E-state index in [4.69, 9.17) is 10.5 Å². The molecule has 1 aromatic rings. The molecule has 0 aromatic carbocycles. The van der Waals surface area contributed by atoms with Crippen LogP contribution in [0.1, 0.15) is 31.9 Å². The summed E-state index contributed by atoms with van der Waals surface area (Å²) in [6.45, 7) is 5.95. The second-order valence-electron chi connectivity index (χ2n) is 4.91. The molecule has 1 unspecified atom stereocenters. The largest absolute Gasteiger partial charge is 0.397 e. The molecule has 1 aliphatic rings. The molecule has 1 fully saturated rings. The highest BCUT2D eigenvalue weighted by molar-refractivity contribution is 5.41. The van der Waals surface area contributed by atoms with Crippen LogP contribution in [0, 0.1) is 0 Å². The van der Waals surface area contributed by atoms with E-state index in [0.717, 1.165) is 44.0 Å². The number of pyridine rings is 1. The van der Waals surface area contributed by atoms with Crippen molar-refractivity contribution >= 4 is 5.69 Å². The summed E-state index contributed by atoms with van der Waals surface area (Å²) in [7, 11) is 0. The number of aromatic nitrogens is 1. The van der Waals surface area contributed by atoms with Crippen LogP contribution < -0.4 is 5.73 Å². The molecule has 0 spiro atoms. The van der Waals surface area contributed by atoms with Gasteiger partial charge in [0.2, 0.25) is 0 Å². The summed E-state index contributed by atoms with van der Waals surface area (Å²) in [6.07, 6.45) is 5.64. The van der Waals surface area contributed by atoms with E-state index in [1.54, 1.807) is 6.20 Å². The van der Waals surface area contributed by atoms with E-state index in [-0.39, 0.29) is 0 Å². The van der Waals surface area contributed by atoms with E-state index in [2.05, 4.69) is 16.8 Å². The predicted molar refractivity (Wildman–Crippen MR) is 73.2 cm³/mol. The van der Waals surface area contributed by atoms with E-state index in [0.29, 0.717) is 6.10 Å². The maximum atomic E-state index is 5.93. The molecule has 0 saturated carbocycles. The van der Waals surface area contributed by atoms with E-state index >= 15 is 0 Å². The van der Waals surface area contributed by atoms with Crippen molar-refractivity contribution in [2.24, 2.45) is 0 Å².